The molecule has 0 saturated carbocycles. The molecular formula is C18H19N5O2S3. The normalized spacial score (nSPS) is 10.8. The van der Waals surface area contributed by atoms with Crippen molar-refractivity contribution in [3.8, 4) is 0 Å². The highest BCUT2D eigenvalue weighted by molar-refractivity contribution is 8.01. The smallest absolute Gasteiger partial charge is 0.251 e. The van der Waals surface area contributed by atoms with E-state index >= 15 is 0 Å². The van der Waals surface area contributed by atoms with Crippen molar-refractivity contribution < 1.29 is 9.59 Å². The summed E-state index contributed by atoms with van der Waals surface area (Å²) in [7, 11) is 0. The van der Waals surface area contributed by atoms with Gasteiger partial charge in [-0.25, -0.2) is 0 Å². The van der Waals surface area contributed by atoms with E-state index in [0.717, 1.165) is 5.69 Å². The quantitative estimate of drug-likeness (QED) is 0.457. The Hall–Kier alpha value is -2.43. The van der Waals surface area contributed by atoms with Crippen LogP contribution in [-0.4, -0.2) is 27.8 Å². The number of nitrogens with one attached hydrogen (secondary N) is 2. The van der Waals surface area contributed by atoms with Crippen LogP contribution in [0.15, 0.2) is 40.1 Å². The maximum Gasteiger partial charge on any atom is 0.251 e. The second-order valence-corrected chi connectivity index (χ2v) is 9.26. The molecule has 3 aromatic rings. The number of benzene rings is 1. The van der Waals surface area contributed by atoms with Gasteiger partial charge in [-0.15, -0.1) is 21.5 Å². The lowest BCUT2D eigenvalue weighted by atomic mass is 10.0. The highest BCUT2D eigenvalue weighted by Crippen LogP contribution is 2.29. The van der Waals surface area contributed by atoms with Crippen LogP contribution in [0.4, 0.5) is 15.8 Å². The summed E-state index contributed by atoms with van der Waals surface area (Å²) in [6.07, 6.45) is 0. The number of thiophene rings is 1. The van der Waals surface area contributed by atoms with Gasteiger partial charge in [0.15, 0.2) is 4.34 Å². The minimum atomic E-state index is -0.564. The maximum absolute atomic E-state index is 12.1. The molecule has 0 atom stereocenters. The number of rotatable bonds is 8. The zero-order valence-corrected chi connectivity index (χ0v) is 17.7. The average Bonchev–Trinajstić information content (AvgIpc) is 3.30. The number of hydrogen-bond acceptors (Lipinski definition) is 8. The van der Waals surface area contributed by atoms with Gasteiger partial charge in [0.25, 0.3) is 5.91 Å². The highest BCUT2D eigenvalue weighted by atomic mass is 32.2. The predicted molar refractivity (Wildman–Crippen MR) is 116 cm³/mol. The van der Waals surface area contributed by atoms with Crippen LogP contribution in [0.1, 0.15) is 35.7 Å². The van der Waals surface area contributed by atoms with E-state index in [1.807, 2.05) is 12.1 Å². The van der Waals surface area contributed by atoms with Gasteiger partial charge in [-0.2, -0.15) is 0 Å². The van der Waals surface area contributed by atoms with Crippen molar-refractivity contribution in [2.45, 2.75) is 24.1 Å². The molecule has 0 aliphatic rings. The van der Waals surface area contributed by atoms with Crippen molar-refractivity contribution in [2.75, 3.05) is 16.4 Å². The third-order valence-electron chi connectivity index (χ3n) is 3.75. The Kier molecular flexibility index (Phi) is 6.65. The predicted octanol–water partition coefficient (Wildman–Crippen LogP) is 4.30. The fourth-order valence-corrected chi connectivity index (χ4v) is 4.66. The summed E-state index contributed by atoms with van der Waals surface area (Å²) in [6.45, 7) is 4.31. The monoisotopic (exact) mass is 433 g/mol. The zero-order valence-electron chi connectivity index (χ0n) is 15.3. The Labute approximate surface area is 174 Å². The highest BCUT2D eigenvalue weighted by Gasteiger charge is 2.14. The lowest BCUT2D eigenvalue weighted by Crippen LogP contribution is -2.17. The number of amides is 2. The number of carbonyl (C=O) groups is 2. The first-order chi connectivity index (χ1) is 13.4. The minimum absolute atomic E-state index is 0.161. The molecule has 7 nitrogen and oxygen atoms in total. The number of nitrogens with two attached hydrogens (primary N) is 1. The molecule has 3 rings (SSSR count). The Balaban J connectivity index is 1.52. The van der Waals surface area contributed by atoms with Gasteiger partial charge >= 0.3 is 0 Å². The molecule has 0 unspecified atom stereocenters. The van der Waals surface area contributed by atoms with E-state index < -0.39 is 5.91 Å². The molecule has 0 fully saturated rings. The number of nitrogens with zero attached hydrogens (tertiary/aromatic N) is 2. The van der Waals surface area contributed by atoms with Crippen LogP contribution in [0.2, 0.25) is 0 Å². The summed E-state index contributed by atoms with van der Waals surface area (Å²) < 4.78 is 0.678. The molecule has 146 valence electrons. The number of primary amides is 1. The summed E-state index contributed by atoms with van der Waals surface area (Å²) in [5, 5.41) is 16.9. The number of anilines is 3. The maximum atomic E-state index is 12.1. The average molecular weight is 434 g/mol. The van der Waals surface area contributed by atoms with Gasteiger partial charge in [0.1, 0.15) is 5.00 Å². The molecule has 0 aliphatic carbocycles. The van der Waals surface area contributed by atoms with E-state index in [-0.39, 0.29) is 11.7 Å². The van der Waals surface area contributed by atoms with Gasteiger partial charge in [-0.1, -0.05) is 49.1 Å². The molecule has 0 spiro atoms. The fraction of sp³-hybridized carbons (Fsp3) is 0.222. The summed E-state index contributed by atoms with van der Waals surface area (Å²) >= 11 is 3.92. The molecule has 10 heteroatoms. The molecule has 2 amide bonds. The molecule has 4 N–H and O–H groups in total. The van der Waals surface area contributed by atoms with Gasteiger partial charge in [-0.05, 0) is 35.1 Å². The van der Waals surface area contributed by atoms with Crippen molar-refractivity contribution in [3.05, 3.63) is 46.8 Å². The topological polar surface area (TPSA) is 110 Å². The van der Waals surface area contributed by atoms with Crippen LogP contribution in [-0.2, 0) is 4.79 Å². The van der Waals surface area contributed by atoms with E-state index in [9.17, 15) is 9.59 Å². The summed E-state index contributed by atoms with van der Waals surface area (Å²) in [6, 6.07) is 9.77. The van der Waals surface area contributed by atoms with Gasteiger partial charge in [0.05, 0.1) is 11.3 Å². The standard InChI is InChI=1S/C18H19N5O2S3/c1-10(2)11-3-5-12(6-4-11)20-17-22-23-18(28-17)27-9-14(24)21-16-13(15(19)25)7-8-26-16/h3-8,10H,9H2,1-2H3,(H2,19,25)(H,20,22)(H,21,24). The first-order valence-corrected chi connectivity index (χ1v) is 11.1. The first-order valence-electron chi connectivity index (χ1n) is 8.43. The van der Waals surface area contributed by atoms with E-state index in [2.05, 4.69) is 46.8 Å². The zero-order chi connectivity index (χ0) is 20.1. The van der Waals surface area contributed by atoms with E-state index in [0.29, 0.717) is 26.0 Å². The van der Waals surface area contributed by atoms with Crippen molar-refractivity contribution in [1.82, 2.24) is 10.2 Å². The molecule has 2 aromatic heterocycles. The number of hydrogen-bond donors (Lipinski definition) is 3. The van der Waals surface area contributed by atoms with Crippen molar-refractivity contribution in [1.29, 1.82) is 0 Å². The van der Waals surface area contributed by atoms with Crippen LogP contribution < -0.4 is 16.4 Å². The summed E-state index contributed by atoms with van der Waals surface area (Å²) in [5.74, 6) is -0.152. The fourth-order valence-electron chi connectivity index (χ4n) is 2.28. The third-order valence-corrected chi connectivity index (χ3v) is 6.55. The molecule has 0 saturated heterocycles. The van der Waals surface area contributed by atoms with Gasteiger partial charge in [0, 0.05) is 5.69 Å². The Bertz CT molecular complexity index is 966. The number of aromatic nitrogens is 2. The Morgan fingerprint density at radius 2 is 1.93 bits per heavy atom. The second kappa shape index (κ2) is 9.18. The van der Waals surface area contributed by atoms with Crippen LogP contribution in [0.25, 0.3) is 0 Å². The SMILES string of the molecule is CC(C)c1ccc(Nc2nnc(SCC(=O)Nc3sccc3C(N)=O)s2)cc1. The molecule has 0 aliphatic heterocycles. The van der Waals surface area contributed by atoms with Gasteiger partial charge in [-0.3, -0.25) is 9.59 Å². The van der Waals surface area contributed by atoms with Crippen molar-refractivity contribution in [3.63, 3.8) is 0 Å². The second-order valence-electron chi connectivity index (χ2n) is 6.14. The van der Waals surface area contributed by atoms with Crippen LogP contribution in [0.5, 0.6) is 0 Å². The van der Waals surface area contributed by atoms with Crippen molar-refractivity contribution >= 4 is 62.1 Å². The number of thioether (sulfide) groups is 1. The molecule has 0 radical (unpaired) electrons. The first kappa shape index (κ1) is 20.3. The largest absolute Gasteiger partial charge is 0.366 e. The lowest BCUT2D eigenvalue weighted by molar-refractivity contribution is -0.113. The lowest BCUT2D eigenvalue weighted by Gasteiger charge is -2.06. The Morgan fingerprint density at radius 1 is 1.18 bits per heavy atom. The molecule has 1 aromatic carbocycles. The van der Waals surface area contributed by atoms with Crippen molar-refractivity contribution in [2.24, 2.45) is 5.73 Å². The van der Waals surface area contributed by atoms with Gasteiger partial charge < -0.3 is 16.4 Å². The molecular weight excluding hydrogens is 414 g/mol. The molecule has 28 heavy (non-hydrogen) atoms. The Morgan fingerprint density at radius 3 is 2.61 bits per heavy atom. The number of carbonyl (C=O) groups excluding carboxylic acids is 2. The molecule has 0 bridgehead atoms. The van der Waals surface area contributed by atoms with Crippen LogP contribution in [0, 0.1) is 0 Å². The van der Waals surface area contributed by atoms with E-state index in [1.165, 1.54) is 40.0 Å². The summed E-state index contributed by atoms with van der Waals surface area (Å²) in [5.41, 5.74) is 7.80. The van der Waals surface area contributed by atoms with Gasteiger partial charge in [0.2, 0.25) is 11.0 Å². The molecule has 2 heterocycles. The third kappa shape index (κ3) is 5.31. The summed E-state index contributed by atoms with van der Waals surface area (Å²) in [4.78, 5) is 23.4. The minimum Gasteiger partial charge on any atom is -0.366 e. The van der Waals surface area contributed by atoms with E-state index in [4.69, 9.17) is 5.73 Å². The van der Waals surface area contributed by atoms with E-state index in [1.54, 1.807) is 11.4 Å². The van der Waals surface area contributed by atoms with Crippen LogP contribution in [0.3, 0.4) is 0 Å². The van der Waals surface area contributed by atoms with Crippen LogP contribution >= 0.6 is 34.4 Å².